The van der Waals surface area contributed by atoms with Gasteiger partial charge in [-0.3, -0.25) is 19.2 Å². The summed E-state index contributed by atoms with van der Waals surface area (Å²) in [7, 11) is 0. The van der Waals surface area contributed by atoms with E-state index < -0.39 is 35.8 Å². The summed E-state index contributed by atoms with van der Waals surface area (Å²) in [5.74, 6) is -1.57. The molecule has 0 bridgehead atoms. The summed E-state index contributed by atoms with van der Waals surface area (Å²) in [5, 5.41) is 21.6. The molecule has 2 aliphatic rings. The predicted octanol–water partition coefficient (Wildman–Crippen LogP) is 1.99. The van der Waals surface area contributed by atoms with E-state index in [9.17, 15) is 24.3 Å². The van der Waals surface area contributed by atoms with Crippen LogP contribution in [0.1, 0.15) is 37.8 Å². The van der Waals surface area contributed by atoms with Crippen LogP contribution in [-0.2, 0) is 25.6 Å². The first-order chi connectivity index (χ1) is 20.1. The summed E-state index contributed by atoms with van der Waals surface area (Å²) >= 11 is 6.09. The molecule has 0 radical (unpaired) electrons. The molecule has 4 rings (SSSR count). The van der Waals surface area contributed by atoms with Crippen molar-refractivity contribution in [1.82, 2.24) is 21.3 Å². The molecule has 0 aromatic heterocycles. The number of ether oxygens (including phenoxy) is 1. The molecule has 5 N–H and O–H groups in total. The molecule has 4 amide bonds. The summed E-state index contributed by atoms with van der Waals surface area (Å²) < 4.78 is 5.69. The molecule has 1 fully saturated rings. The molecule has 2 aliphatic heterocycles. The molecule has 2 aromatic rings. The van der Waals surface area contributed by atoms with Gasteiger partial charge in [-0.15, -0.1) is 0 Å². The lowest BCUT2D eigenvalue weighted by atomic mass is 9.97. The van der Waals surface area contributed by atoms with E-state index >= 15 is 0 Å². The van der Waals surface area contributed by atoms with Crippen molar-refractivity contribution in [1.29, 1.82) is 0 Å². The number of nitrogens with one attached hydrogen (secondary N) is 4. The number of aliphatic hydroxyl groups is 1. The first kappa shape index (κ1) is 31.1. The van der Waals surface area contributed by atoms with E-state index in [-0.39, 0.29) is 43.8 Å². The molecule has 2 aromatic carbocycles. The van der Waals surface area contributed by atoms with Crippen molar-refractivity contribution in [2.45, 2.75) is 51.2 Å². The largest absolute Gasteiger partial charge is 0.488 e. The summed E-state index contributed by atoms with van der Waals surface area (Å²) in [5.41, 5.74) is 1.82. The third-order valence-electron chi connectivity index (χ3n) is 7.43. The molecule has 1 saturated heterocycles. The van der Waals surface area contributed by atoms with Crippen LogP contribution in [0, 0.1) is 11.8 Å². The zero-order valence-corrected chi connectivity index (χ0v) is 24.4. The van der Waals surface area contributed by atoms with Gasteiger partial charge in [0.25, 0.3) is 5.91 Å². The Morgan fingerprint density at radius 2 is 1.83 bits per heavy atom. The fourth-order valence-electron chi connectivity index (χ4n) is 5.06. The number of benzene rings is 2. The number of carbonyl (C=O) groups is 4. The highest BCUT2D eigenvalue weighted by Crippen LogP contribution is 2.29. The number of fused-ring (bicyclic) bond motifs is 1. The van der Waals surface area contributed by atoms with Gasteiger partial charge >= 0.3 is 0 Å². The van der Waals surface area contributed by atoms with Crippen molar-refractivity contribution in [3.8, 4) is 5.75 Å². The van der Waals surface area contributed by atoms with Gasteiger partial charge in [-0.1, -0.05) is 55.8 Å². The number of hydrogen-bond acceptors (Lipinski definition) is 6. The predicted molar refractivity (Wildman–Crippen MR) is 159 cm³/mol. The minimum atomic E-state index is -0.990. The van der Waals surface area contributed by atoms with Crippen molar-refractivity contribution >= 4 is 41.3 Å². The maximum Gasteiger partial charge on any atom is 0.251 e. The van der Waals surface area contributed by atoms with Crippen LogP contribution in [-0.4, -0.2) is 66.6 Å². The molecule has 0 saturated carbocycles. The minimum absolute atomic E-state index is 0.0352. The van der Waals surface area contributed by atoms with Crippen LogP contribution in [0.25, 0.3) is 6.08 Å². The highest BCUT2D eigenvalue weighted by molar-refractivity contribution is 6.30. The maximum absolute atomic E-state index is 13.6. The van der Waals surface area contributed by atoms with E-state index in [1.807, 2.05) is 30.3 Å². The SMILES string of the molecule is CC(C)[C@H](NC(=O)C1=Cc2cc(Cl)ccc2OC1)C(=O)N[C@@H](Cc1ccccc1)C(=O)N[C@H](CO)C[C@@H]1CCNC1=O. The third-order valence-corrected chi connectivity index (χ3v) is 7.66. The highest BCUT2D eigenvalue weighted by atomic mass is 35.5. The lowest BCUT2D eigenvalue weighted by Gasteiger charge is -2.27. The van der Waals surface area contributed by atoms with Crippen LogP contribution in [0.15, 0.2) is 54.1 Å². The van der Waals surface area contributed by atoms with Gasteiger partial charge in [0.2, 0.25) is 17.7 Å². The van der Waals surface area contributed by atoms with Crippen molar-refractivity contribution < 1.29 is 29.0 Å². The molecule has 2 heterocycles. The zero-order valence-electron chi connectivity index (χ0n) is 23.7. The van der Waals surface area contributed by atoms with Gasteiger partial charge in [0.15, 0.2) is 0 Å². The molecule has 4 atom stereocenters. The second-order valence-corrected chi connectivity index (χ2v) is 11.4. The Morgan fingerprint density at radius 3 is 2.50 bits per heavy atom. The summed E-state index contributed by atoms with van der Waals surface area (Å²) in [6.07, 6.45) is 2.79. The quantitative estimate of drug-likeness (QED) is 0.253. The monoisotopic (exact) mass is 596 g/mol. The van der Waals surface area contributed by atoms with Gasteiger partial charge in [-0.2, -0.15) is 0 Å². The van der Waals surface area contributed by atoms with Crippen LogP contribution < -0.4 is 26.0 Å². The Morgan fingerprint density at radius 1 is 1.07 bits per heavy atom. The summed E-state index contributed by atoms with van der Waals surface area (Å²) in [6.45, 7) is 3.84. The van der Waals surface area contributed by atoms with E-state index in [2.05, 4.69) is 21.3 Å². The van der Waals surface area contributed by atoms with E-state index in [1.165, 1.54) is 0 Å². The highest BCUT2D eigenvalue weighted by Gasteiger charge is 2.32. The summed E-state index contributed by atoms with van der Waals surface area (Å²) in [6, 6.07) is 11.8. The summed E-state index contributed by atoms with van der Waals surface area (Å²) in [4.78, 5) is 52.2. The molecular formula is C31H37ClN4O6. The van der Waals surface area contributed by atoms with E-state index in [0.29, 0.717) is 34.9 Å². The standard InChI is InChI=1S/C31H37ClN4O6/c1-18(2)27(36-29(39)22-13-21-14-23(32)8-9-26(21)42-17-22)31(41)35-25(12-19-6-4-3-5-7-19)30(40)34-24(16-37)15-20-10-11-33-28(20)38/h3-9,13-14,18,20,24-25,27,37H,10-12,15-17H2,1-2H3,(H,33,38)(H,34,40)(H,35,41)(H,36,39)/t20-,24-,25-,27-/m0/s1. The normalized spacial score (nSPS) is 18.1. The molecule has 10 nitrogen and oxygen atoms in total. The molecule has 42 heavy (non-hydrogen) atoms. The lowest BCUT2D eigenvalue weighted by molar-refractivity contribution is -0.132. The number of aliphatic hydroxyl groups excluding tert-OH is 1. The Hall–Kier alpha value is -3.89. The number of hydrogen-bond donors (Lipinski definition) is 5. The van der Waals surface area contributed by atoms with Crippen LogP contribution >= 0.6 is 11.6 Å². The Bertz CT molecular complexity index is 1330. The second kappa shape index (κ2) is 14.3. The van der Waals surface area contributed by atoms with Gasteiger partial charge in [0.1, 0.15) is 24.4 Å². The molecule has 0 unspecified atom stereocenters. The third kappa shape index (κ3) is 8.10. The minimum Gasteiger partial charge on any atom is -0.488 e. The molecule has 11 heteroatoms. The smallest absolute Gasteiger partial charge is 0.251 e. The molecule has 0 spiro atoms. The van der Waals surface area contributed by atoms with E-state index in [0.717, 1.165) is 5.56 Å². The zero-order chi connectivity index (χ0) is 30.2. The molecular weight excluding hydrogens is 560 g/mol. The van der Waals surface area contributed by atoms with Gasteiger partial charge in [0.05, 0.1) is 18.2 Å². The fraction of sp³-hybridized carbons (Fsp3) is 0.419. The van der Waals surface area contributed by atoms with Crippen molar-refractivity contribution in [3.05, 3.63) is 70.3 Å². The fourth-order valence-corrected chi connectivity index (χ4v) is 5.24. The van der Waals surface area contributed by atoms with Crippen molar-refractivity contribution in [3.63, 3.8) is 0 Å². The maximum atomic E-state index is 13.6. The number of halogens is 1. The van der Waals surface area contributed by atoms with Crippen LogP contribution in [0.2, 0.25) is 5.02 Å². The van der Waals surface area contributed by atoms with Gasteiger partial charge in [0, 0.05) is 29.5 Å². The van der Waals surface area contributed by atoms with Crippen LogP contribution in [0.5, 0.6) is 5.75 Å². The van der Waals surface area contributed by atoms with Gasteiger partial charge < -0.3 is 31.1 Å². The van der Waals surface area contributed by atoms with Gasteiger partial charge in [-0.05, 0) is 48.6 Å². The van der Waals surface area contributed by atoms with Crippen molar-refractivity contribution in [2.24, 2.45) is 11.8 Å². The average Bonchev–Trinajstić information content (AvgIpc) is 3.38. The first-order valence-electron chi connectivity index (χ1n) is 14.1. The molecule has 0 aliphatic carbocycles. The number of carbonyl (C=O) groups excluding carboxylic acids is 4. The first-order valence-corrected chi connectivity index (χ1v) is 14.5. The van der Waals surface area contributed by atoms with E-state index in [4.69, 9.17) is 16.3 Å². The Labute approximate surface area is 250 Å². The van der Waals surface area contributed by atoms with Crippen molar-refractivity contribution in [2.75, 3.05) is 19.8 Å². The topological polar surface area (TPSA) is 146 Å². The lowest BCUT2D eigenvalue weighted by Crippen LogP contribution is -2.57. The van der Waals surface area contributed by atoms with Crippen LogP contribution in [0.4, 0.5) is 0 Å². The van der Waals surface area contributed by atoms with Gasteiger partial charge in [-0.25, -0.2) is 0 Å². The Balaban J connectivity index is 1.47. The Kier molecular flexibility index (Phi) is 10.6. The van der Waals surface area contributed by atoms with E-state index in [1.54, 1.807) is 38.1 Å². The second-order valence-electron chi connectivity index (χ2n) is 11.0. The molecule has 224 valence electrons. The average molecular weight is 597 g/mol. The van der Waals surface area contributed by atoms with Crippen LogP contribution in [0.3, 0.4) is 0 Å². The number of rotatable bonds is 12. The number of amides is 4.